The molecule has 0 saturated carbocycles. The van der Waals surface area contributed by atoms with Gasteiger partial charge in [-0.1, -0.05) is 18.2 Å². The molecule has 0 bridgehead atoms. The zero-order valence-corrected chi connectivity index (χ0v) is 16.6. The summed E-state index contributed by atoms with van der Waals surface area (Å²) in [5.74, 6) is -0.731. The lowest BCUT2D eigenvalue weighted by Gasteiger charge is -2.13. The maximum Gasteiger partial charge on any atom is 0.293 e. The first-order valence-electron chi connectivity index (χ1n) is 8.04. The predicted octanol–water partition coefficient (Wildman–Crippen LogP) is 4.93. The van der Waals surface area contributed by atoms with E-state index in [2.05, 4.69) is 15.9 Å². The Morgan fingerprint density at radius 2 is 2.04 bits per heavy atom. The molecule has 1 aliphatic rings. The largest absolute Gasteiger partial charge is 0.503 e. The molecule has 5 nitrogen and oxygen atoms in total. The molecule has 1 saturated heterocycles. The van der Waals surface area contributed by atoms with Crippen molar-refractivity contribution in [3.8, 4) is 11.5 Å². The molecular formula is C19H15BrFNO4S. The van der Waals surface area contributed by atoms with Crippen LogP contribution in [-0.4, -0.2) is 27.8 Å². The van der Waals surface area contributed by atoms with Crippen LogP contribution in [0.1, 0.15) is 18.1 Å². The van der Waals surface area contributed by atoms with Gasteiger partial charge in [-0.3, -0.25) is 14.5 Å². The number of halogens is 2. The zero-order valence-electron chi connectivity index (χ0n) is 14.2. The van der Waals surface area contributed by atoms with Gasteiger partial charge in [0.2, 0.25) is 0 Å². The molecule has 0 unspecified atom stereocenters. The molecular weight excluding hydrogens is 437 g/mol. The van der Waals surface area contributed by atoms with Crippen molar-refractivity contribution in [2.24, 2.45) is 0 Å². The van der Waals surface area contributed by atoms with Crippen LogP contribution in [-0.2, 0) is 11.3 Å². The molecule has 0 atom stereocenters. The van der Waals surface area contributed by atoms with Crippen LogP contribution >= 0.6 is 27.7 Å². The van der Waals surface area contributed by atoms with Crippen LogP contribution in [0.4, 0.5) is 9.18 Å². The third-order valence-corrected chi connectivity index (χ3v) is 5.32. The summed E-state index contributed by atoms with van der Waals surface area (Å²) < 4.78 is 19.6. The molecule has 1 fully saturated rings. The number of nitrogens with zero attached hydrogens (tertiary/aromatic N) is 1. The van der Waals surface area contributed by atoms with Crippen LogP contribution in [0.2, 0.25) is 0 Å². The first kappa shape index (κ1) is 19.4. The Balaban J connectivity index is 1.87. The number of amides is 2. The molecule has 0 aromatic heterocycles. The molecule has 0 spiro atoms. The lowest BCUT2D eigenvalue weighted by atomic mass is 10.1. The Bertz CT molecular complexity index is 947. The second-order valence-electron chi connectivity index (χ2n) is 5.64. The number of phenolic OH excluding ortho intramolecular Hbond substituents is 1. The molecule has 1 N–H and O–H groups in total. The number of carbonyl (C=O) groups is 2. The van der Waals surface area contributed by atoms with Crippen molar-refractivity contribution in [1.82, 2.24) is 4.90 Å². The maximum atomic E-state index is 13.8. The van der Waals surface area contributed by atoms with Gasteiger partial charge in [0.25, 0.3) is 11.1 Å². The summed E-state index contributed by atoms with van der Waals surface area (Å²) in [6.07, 6.45) is 1.54. The van der Waals surface area contributed by atoms with Gasteiger partial charge >= 0.3 is 0 Å². The summed E-state index contributed by atoms with van der Waals surface area (Å²) in [6.45, 7) is 2.02. The number of hydrogen-bond acceptors (Lipinski definition) is 5. The Kier molecular flexibility index (Phi) is 5.86. The highest BCUT2D eigenvalue weighted by molar-refractivity contribution is 9.10. The fourth-order valence-electron chi connectivity index (χ4n) is 2.53. The predicted molar refractivity (Wildman–Crippen MR) is 105 cm³/mol. The molecule has 0 radical (unpaired) electrons. The topological polar surface area (TPSA) is 66.8 Å². The van der Waals surface area contributed by atoms with Gasteiger partial charge in [-0.2, -0.15) is 0 Å². The lowest BCUT2D eigenvalue weighted by molar-refractivity contribution is -0.123. The molecule has 140 valence electrons. The van der Waals surface area contributed by atoms with Gasteiger partial charge in [0.1, 0.15) is 5.82 Å². The van der Waals surface area contributed by atoms with Crippen molar-refractivity contribution in [1.29, 1.82) is 0 Å². The molecule has 2 aromatic carbocycles. The number of hydrogen-bond donors (Lipinski definition) is 1. The van der Waals surface area contributed by atoms with E-state index in [9.17, 15) is 19.1 Å². The highest BCUT2D eigenvalue weighted by atomic mass is 79.9. The normalized spacial score (nSPS) is 15.7. The first-order chi connectivity index (χ1) is 12.9. The summed E-state index contributed by atoms with van der Waals surface area (Å²) in [4.78, 5) is 26.0. The summed E-state index contributed by atoms with van der Waals surface area (Å²) >= 11 is 4.03. The van der Waals surface area contributed by atoms with Gasteiger partial charge in [0, 0.05) is 5.56 Å². The van der Waals surface area contributed by atoms with Crippen molar-refractivity contribution in [2.45, 2.75) is 13.5 Å². The summed E-state index contributed by atoms with van der Waals surface area (Å²) in [5.41, 5.74) is 0.853. The van der Waals surface area contributed by atoms with Gasteiger partial charge in [-0.25, -0.2) is 4.39 Å². The molecule has 2 amide bonds. The van der Waals surface area contributed by atoms with Crippen LogP contribution in [0.5, 0.6) is 11.5 Å². The fourth-order valence-corrected chi connectivity index (χ4v) is 3.83. The summed E-state index contributed by atoms with van der Waals surface area (Å²) in [7, 11) is 0. The number of phenols is 1. The van der Waals surface area contributed by atoms with Gasteiger partial charge in [-0.05, 0) is 64.5 Å². The smallest absolute Gasteiger partial charge is 0.293 e. The van der Waals surface area contributed by atoms with E-state index in [-0.39, 0.29) is 28.5 Å². The quantitative estimate of drug-likeness (QED) is 0.652. The Hall–Kier alpha value is -2.32. The van der Waals surface area contributed by atoms with Crippen LogP contribution in [0, 0.1) is 5.82 Å². The number of rotatable bonds is 5. The summed E-state index contributed by atoms with van der Waals surface area (Å²) in [6, 6.07) is 9.21. The van der Waals surface area contributed by atoms with E-state index < -0.39 is 17.0 Å². The lowest BCUT2D eigenvalue weighted by Crippen LogP contribution is -2.27. The van der Waals surface area contributed by atoms with Crippen LogP contribution in [0.25, 0.3) is 6.08 Å². The van der Waals surface area contributed by atoms with E-state index in [1.807, 2.05) is 0 Å². The molecule has 2 aromatic rings. The fraction of sp³-hybridized carbons (Fsp3) is 0.158. The van der Waals surface area contributed by atoms with E-state index in [1.165, 1.54) is 12.1 Å². The van der Waals surface area contributed by atoms with Crippen LogP contribution < -0.4 is 4.74 Å². The second-order valence-corrected chi connectivity index (χ2v) is 7.49. The molecule has 8 heteroatoms. The highest BCUT2D eigenvalue weighted by Crippen LogP contribution is 2.38. The number of thioether (sulfide) groups is 1. The van der Waals surface area contributed by atoms with E-state index in [0.29, 0.717) is 16.6 Å². The average molecular weight is 452 g/mol. The number of aromatic hydroxyl groups is 1. The third-order valence-electron chi connectivity index (χ3n) is 3.81. The number of benzene rings is 2. The van der Waals surface area contributed by atoms with Crippen molar-refractivity contribution >= 4 is 44.9 Å². The molecule has 0 aliphatic carbocycles. The zero-order chi connectivity index (χ0) is 19.6. The first-order valence-corrected chi connectivity index (χ1v) is 9.65. The van der Waals surface area contributed by atoms with Gasteiger partial charge < -0.3 is 9.84 Å². The second kappa shape index (κ2) is 8.14. The summed E-state index contributed by atoms with van der Waals surface area (Å²) in [5, 5.41) is 9.52. The maximum absolute atomic E-state index is 13.8. The van der Waals surface area contributed by atoms with E-state index >= 15 is 0 Å². The Morgan fingerprint density at radius 1 is 1.30 bits per heavy atom. The van der Waals surface area contributed by atoms with Crippen molar-refractivity contribution in [3.05, 3.63) is 62.7 Å². The van der Waals surface area contributed by atoms with Crippen molar-refractivity contribution in [2.75, 3.05) is 6.61 Å². The Labute approximate surface area is 167 Å². The monoisotopic (exact) mass is 451 g/mol. The van der Waals surface area contributed by atoms with Crippen molar-refractivity contribution in [3.63, 3.8) is 0 Å². The number of ether oxygens (including phenoxy) is 1. The Morgan fingerprint density at radius 3 is 2.74 bits per heavy atom. The van der Waals surface area contributed by atoms with Crippen LogP contribution in [0.15, 0.2) is 45.8 Å². The van der Waals surface area contributed by atoms with E-state index in [4.69, 9.17) is 4.74 Å². The van der Waals surface area contributed by atoms with Crippen molar-refractivity contribution < 1.29 is 23.8 Å². The standard InChI is InChI=1S/C19H15BrFNO4S/c1-2-26-15-8-11(7-13(20)17(15)23)9-16-18(24)22(19(25)27-16)10-12-5-3-4-6-14(12)21/h3-9,23H,2,10H2,1H3/b16-9+. The molecule has 3 rings (SSSR count). The third kappa shape index (κ3) is 4.17. The molecule has 1 heterocycles. The number of imide groups is 1. The molecule has 1 aliphatic heterocycles. The van der Waals surface area contributed by atoms with Gasteiger partial charge in [0.15, 0.2) is 11.5 Å². The van der Waals surface area contributed by atoms with Crippen LogP contribution in [0.3, 0.4) is 0 Å². The van der Waals surface area contributed by atoms with E-state index in [0.717, 1.165) is 16.7 Å². The van der Waals surface area contributed by atoms with E-state index in [1.54, 1.807) is 37.3 Å². The van der Waals surface area contributed by atoms with Gasteiger partial charge in [0.05, 0.1) is 22.5 Å². The average Bonchev–Trinajstić information content (AvgIpc) is 2.88. The number of carbonyl (C=O) groups excluding carboxylic acids is 2. The minimum atomic E-state index is -0.490. The highest BCUT2D eigenvalue weighted by Gasteiger charge is 2.35. The molecule has 27 heavy (non-hydrogen) atoms. The van der Waals surface area contributed by atoms with Gasteiger partial charge in [-0.15, -0.1) is 0 Å². The minimum Gasteiger partial charge on any atom is -0.503 e. The SMILES string of the molecule is CCOc1cc(/C=C2/SC(=O)N(Cc3ccccc3F)C2=O)cc(Br)c1O. The minimum absolute atomic E-state index is 0.0401.